The lowest BCUT2D eigenvalue weighted by Crippen LogP contribution is -1.92. The standard InChI is InChI=1S/C15H10N4/c1-2-4-12(5-3-1)19-10-11-8-14-15(9-13(11)18-19)17-7-6-16-14/h1-10H. The molecule has 0 radical (unpaired) electrons. The molecular formula is C15H10N4. The third-order valence-electron chi connectivity index (χ3n) is 3.12. The molecule has 0 amide bonds. The Hall–Kier alpha value is -2.75. The summed E-state index contributed by atoms with van der Waals surface area (Å²) in [5.74, 6) is 0. The van der Waals surface area contributed by atoms with Gasteiger partial charge in [0.2, 0.25) is 0 Å². The molecule has 2 aromatic carbocycles. The summed E-state index contributed by atoms with van der Waals surface area (Å²) in [4.78, 5) is 8.62. The number of fused-ring (bicyclic) bond motifs is 2. The van der Waals surface area contributed by atoms with E-state index in [4.69, 9.17) is 0 Å². The van der Waals surface area contributed by atoms with Crippen molar-refractivity contribution in [2.45, 2.75) is 0 Å². The van der Waals surface area contributed by atoms with Crippen LogP contribution in [-0.4, -0.2) is 19.7 Å². The molecule has 0 bridgehead atoms. The average molecular weight is 246 g/mol. The first-order valence-corrected chi connectivity index (χ1v) is 6.06. The average Bonchev–Trinajstić information content (AvgIpc) is 2.88. The summed E-state index contributed by atoms with van der Waals surface area (Å²) in [5.41, 5.74) is 3.73. The van der Waals surface area contributed by atoms with Crippen LogP contribution in [0.5, 0.6) is 0 Å². The highest BCUT2D eigenvalue weighted by atomic mass is 15.3. The number of nitrogens with zero attached hydrogens (tertiary/aromatic N) is 4. The predicted octanol–water partition coefficient (Wildman–Crippen LogP) is 2.97. The maximum Gasteiger partial charge on any atom is 0.0950 e. The fraction of sp³-hybridized carbons (Fsp3) is 0. The zero-order chi connectivity index (χ0) is 12.7. The molecule has 0 saturated carbocycles. The van der Waals surface area contributed by atoms with Crippen LogP contribution in [0.2, 0.25) is 0 Å². The zero-order valence-electron chi connectivity index (χ0n) is 10.1. The molecule has 0 unspecified atom stereocenters. The second-order valence-corrected chi connectivity index (χ2v) is 4.37. The van der Waals surface area contributed by atoms with Crippen LogP contribution in [0, 0.1) is 0 Å². The van der Waals surface area contributed by atoms with E-state index in [0.717, 1.165) is 27.6 Å². The number of hydrogen-bond acceptors (Lipinski definition) is 3. The highest BCUT2D eigenvalue weighted by Crippen LogP contribution is 2.20. The first-order chi connectivity index (χ1) is 9.40. The van der Waals surface area contributed by atoms with E-state index >= 15 is 0 Å². The fourth-order valence-electron chi connectivity index (χ4n) is 2.20. The summed E-state index contributed by atoms with van der Waals surface area (Å²) < 4.78 is 1.88. The molecule has 4 rings (SSSR count). The minimum absolute atomic E-state index is 0.869. The van der Waals surface area contributed by atoms with Gasteiger partial charge in [0, 0.05) is 24.0 Å². The summed E-state index contributed by atoms with van der Waals surface area (Å²) in [6.07, 6.45) is 5.41. The summed E-state index contributed by atoms with van der Waals surface area (Å²) in [5, 5.41) is 5.65. The van der Waals surface area contributed by atoms with Crippen LogP contribution in [0.3, 0.4) is 0 Å². The Balaban J connectivity index is 1.98. The summed E-state index contributed by atoms with van der Waals surface area (Å²) in [6.45, 7) is 0. The number of aromatic nitrogens is 4. The smallest absolute Gasteiger partial charge is 0.0950 e. The lowest BCUT2D eigenvalue weighted by Gasteiger charge is -1.98. The van der Waals surface area contributed by atoms with Crippen LogP contribution in [0.4, 0.5) is 0 Å². The van der Waals surface area contributed by atoms with E-state index in [2.05, 4.69) is 15.1 Å². The fourth-order valence-corrected chi connectivity index (χ4v) is 2.20. The minimum atomic E-state index is 0.869. The second-order valence-electron chi connectivity index (χ2n) is 4.37. The Bertz CT molecular complexity index is 812. The van der Waals surface area contributed by atoms with Crippen molar-refractivity contribution in [2.24, 2.45) is 0 Å². The van der Waals surface area contributed by atoms with Gasteiger partial charge in [-0.1, -0.05) is 18.2 Å². The minimum Gasteiger partial charge on any atom is -0.253 e. The molecule has 4 aromatic rings. The third-order valence-corrected chi connectivity index (χ3v) is 3.12. The maximum absolute atomic E-state index is 4.58. The Morgan fingerprint density at radius 3 is 2.32 bits per heavy atom. The molecule has 0 N–H and O–H groups in total. The van der Waals surface area contributed by atoms with Crippen molar-refractivity contribution in [1.29, 1.82) is 0 Å². The van der Waals surface area contributed by atoms with Gasteiger partial charge in [-0.05, 0) is 24.3 Å². The summed E-state index contributed by atoms with van der Waals surface area (Å²) >= 11 is 0. The number of hydrogen-bond donors (Lipinski definition) is 0. The molecule has 0 aliphatic carbocycles. The van der Waals surface area contributed by atoms with Crippen molar-refractivity contribution < 1.29 is 0 Å². The van der Waals surface area contributed by atoms with Gasteiger partial charge < -0.3 is 0 Å². The zero-order valence-corrected chi connectivity index (χ0v) is 10.1. The van der Waals surface area contributed by atoms with Crippen LogP contribution in [0.1, 0.15) is 0 Å². The van der Waals surface area contributed by atoms with E-state index in [0.29, 0.717) is 0 Å². The van der Waals surface area contributed by atoms with Crippen LogP contribution in [0.15, 0.2) is 61.1 Å². The van der Waals surface area contributed by atoms with E-state index in [1.807, 2.05) is 53.3 Å². The molecular weight excluding hydrogens is 236 g/mol. The van der Waals surface area contributed by atoms with Gasteiger partial charge in [0.05, 0.1) is 22.2 Å². The van der Waals surface area contributed by atoms with Gasteiger partial charge in [-0.3, -0.25) is 9.97 Å². The molecule has 0 atom stereocenters. The molecule has 0 spiro atoms. The van der Waals surface area contributed by atoms with Crippen molar-refractivity contribution in [2.75, 3.05) is 0 Å². The second kappa shape index (κ2) is 3.88. The topological polar surface area (TPSA) is 43.6 Å². The number of para-hydroxylation sites is 1. The molecule has 0 fully saturated rings. The molecule has 0 aliphatic heterocycles. The van der Waals surface area contributed by atoms with E-state index in [9.17, 15) is 0 Å². The Kier molecular flexibility index (Phi) is 2.08. The van der Waals surface area contributed by atoms with Crippen molar-refractivity contribution in [3.63, 3.8) is 0 Å². The SMILES string of the molecule is c1ccc(-n2cc3cc4nccnc4cc3n2)cc1. The molecule has 4 heteroatoms. The number of rotatable bonds is 1. The van der Waals surface area contributed by atoms with Crippen molar-refractivity contribution >= 4 is 21.9 Å². The first-order valence-electron chi connectivity index (χ1n) is 6.06. The van der Waals surface area contributed by atoms with Gasteiger partial charge in [0.1, 0.15) is 0 Å². The molecule has 0 aliphatic rings. The van der Waals surface area contributed by atoms with Crippen LogP contribution < -0.4 is 0 Å². The van der Waals surface area contributed by atoms with Gasteiger partial charge >= 0.3 is 0 Å². The van der Waals surface area contributed by atoms with Gasteiger partial charge in [-0.2, -0.15) is 5.10 Å². The molecule has 90 valence electrons. The van der Waals surface area contributed by atoms with Gasteiger partial charge in [0.25, 0.3) is 0 Å². The molecule has 2 aromatic heterocycles. The van der Waals surface area contributed by atoms with Crippen LogP contribution in [0.25, 0.3) is 27.6 Å². The van der Waals surface area contributed by atoms with Gasteiger partial charge in [-0.25, -0.2) is 4.68 Å². The Morgan fingerprint density at radius 2 is 1.53 bits per heavy atom. The van der Waals surface area contributed by atoms with Crippen LogP contribution >= 0.6 is 0 Å². The van der Waals surface area contributed by atoms with Crippen LogP contribution in [-0.2, 0) is 0 Å². The molecule has 0 saturated heterocycles. The maximum atomic E-state index is 4.58. The quantitative estimate of drug-likeness (QED) is 0.518. The van der Waals surface area contributed by atoms with Crippen molar-refractivity contribution in [3.05, 3.63) is 61.1 Å². The highest BCUT2D eigenvalue weighted by Gasteiger charge is 2.05. The van der Waals surface area contributed by atoms with E-state index in [-0.39, 0.29) is 0 Å². The van der Waals surface area contributed by atoms with E-state index in [1.165, 1.54) is 0 Å². The lowest BCUT2D eigenvalue weighted by atomic mass is 10.2. The third kappa shape index (κ3) is 1.65. The highest BCUT2D eigenvalue weighted by molar-refractivity contribution is 5.92. The monoisotopic (exact) mass is 246 g/mol. The van der Waals surface area contributed by atoms with Gasteiger partial charge in [0.15, 0.2) is 0 Å². The molecule has 2 heterocycles. The lowest BCUT2D eigenvalue weighted by molar-refractivity contribution is 0.896. The Morgan fingerprint density at radius 1 is 0.789 bits per heavy atom. The van der Waals surface area contributed by atoms with Crippen molar-refractivity contribution in [3.8, 4) is 5.69 Å². The summed E-state index contributed by atoms with van der Waals surface area (Å²) in [7, 11) is 0. The van der Waals surface area contributed by atoms with E-state index in [1.54, 1.807) is 12.4 Å². The summed E-state index contributed by atoms with van der Waals surface area (Å²) in [6, 6.07) is 14.0. The first kappa shape index (κ1) is 10.2. The Labute approximate surface area is 109 Å². The van der Waals surface area contributed by atoms with Crippen molar-refractivity contribution in [1.82, 2.24) is 19.7 Å². The largest absolute Gasteiger partial charge is 0.253 e. The predicted molar refractivity (Wildman–Crippen MR) is 74.2 cm³/mol. The van der Waals surface area contributed by atoms with Gasteiger partial charge in [-0.15, -0.1) is 0 Å². The molecule has 19 heavy (non-hydrogen) atoms. The normalized spacial score (nSPS) is 11.2. The number of benzene rings is 2. The van der Waals surface area contributed by atoms with E-state index < -0.39 is 0 Å². The molecule has 4 nitrogen and oxygen atoms in total.